The lowest BCUT2D eigenvalue weighted by Crippen LogP contribution is -2.41. The summed E-state index contributed by atoms with van der Waals surface area (Å²) in [5.41, 5.74) is -0.743. The van der Waals surface area contributed by atoms with E-state index >= 15 is 0 Å². The highest BCUT2D eigenvalue weighted by molar-refractivity contribution is 7.72. The van der Waals surface area contributed by atoms with Crippen molar-refractivity contribution in [1.82, 2.24) is 19.5 Å². The normalized spacial score (nSPS) is 30.2. The molecule has 1 aliphatic heterocycles. The maximum atomic E-state index is 12.0. The molecule has 0 radical (unpaired) electrons. The number of hydrogen-bond donors (Lipinski definition) is 3. The monoisotopic (exact) mass is 368 g/mol. The Morgan fingerprint density at radius 1 is 1.48 bits per heavy atom. The van der Waals surface area contributed by atoms with Gasteiger partial charge < -0.3 is 19.9 Å². The van der Waals surface area contributed by atoms with E-state index in [1.807, 2.05) is 0 Å². The molecule has 0 aromatic carbocycles. The summed E-state index contributed by atoms with van der Waals surface area (Å²) < 4.78 is 7.58. The highest BCUT2D eigenvalue weighted by atomic mass is 31.2. The topological polar surface area (TPSA) is 113 Å². The molecule has 1 aliphatic rings. The van der Waals surface area contributed by atoms with E-state index in [9.17, 15) is 15.0 Å². The number of imidazole rings is 1. The molecule has 0 aliphatic carbocycles. The van der Waals surface area contributed by atoms with Crippen LogP contribution in [0.1, 0.15) is 25.4 Å². The third-order valence-electron chi connectivity index (χ3n) is 4.67. The number of aryl methyl sites for hydroxylation is 1. The number of fused-ring (bicyclic) bond motifs is 1. The summed E-state index contributed by atoms with van der Waals surface area (Å²) in [6, 6.07) is 0. The molecule has 3 heterocycles. The van der Waals surface area contributed by atoms with Gasteiger partial charge in [0.05, 0.1) is 11.9 Å². The van der Waals surface area contributed by atoms with Crippen LogP contribution >= 0.6 is 6.89 Å². The number of hydrogen-bond acceptors (Lipinski definition) is 6. The van der Waals surface area contributed by atoms with Crippen LogP contribution in [0.3, 0.4) is 0 Å². The summed E-state index contributed by atoms with van der Waals surface area (Å²) in [5, 5.41) is 21.1. The lowest BCUT2D eigenvalue weighted by Gasteiger charge is -2.29. The number of nitrogens with zero attached hydrogens (tertiary/aromatic N) is 3. The molecule has 3 N–H and O–H groups in total. The first kappa shape index (κ1) is 18.3. The second-order valence-corrected chi connectivity index (χ2v) is 12.0. The molecule has 0 bridgehead atoms. The predicted octanol–water partition coefficient (Wildman–Crippen LogP) is 0.537. The van der Waals surface area contributed by atoms with E-state index in [0.29, 0.717) is 17.9 Å². The van der Waals surface area contributed by atoms with Gasteiger partial charge in [-0.05, 0) is 39.8 Å². The van der Waals surface area contributed by atoms with Crippen LogP contribution in [0.5, 0.6) is 0 Å². The largest absolute Gasteiger partial charge is 0.387 e. The Bertz CT molecular complexity index is 901. The zero-order valence-corrected chi connectivity index (χ0v) is 15.8. The molecular formula is C16H25N4O4P. The van der Waals surface area contributed by atoms with E-state index in [1.165, 1.54) is 10.9 Å². The fourth-order valence-corrected chi connectivity index (χ4v) is 4.16. The van der Waals surface area contributed by atoms with E-state index in [4.69, 9.17) is 4.74 Å². The van der Waals surface area contributed by atoms with Gasteiger partial charge in [0.25, 0.3) is 5.56 Å². The molecule has 1 saturated heterocycles. The van der Waals surface area contributed by atoms with Crippen molar-refractivity contribution in [3.05, 3.63) is 22.5 Å². The first-order valence-electron chi connectivity index (χ1n) is 8.17. The van der Waals surface area contributed by atoms with Gasteiger partial charge in [0.2, 0.25) is 0 Å². The van der Waals surface area contributed by atoms with Gasteiger partial charge in [-0.1, -0.05) is 0 Å². The van der Waals surface area contributed by atoms with Gasteiger partial charge in [-0.25, -0.2) is 9.97 Å². The maximum absolute atomic E-state index is 12.0. The number of nitrogens with one attached hydrogen (secondary N) is 1. The average molecular weight is 368 g/mol. The lowest BCUT2D eigenvalue weighted by atomic mass is 9.95. The zero-order valence-electron chi connectivity index (χ0n) is 14.9. The van der Waals surface area contributed by atoms with Crippen LogP contribution in [0.2, 0.25) is 0 Å². The molecule has 2 unspecified atom stereocenters. The van der Waals surface area contributed by atoms with E-state index in [-0.39, 0.29) is 11.1 Å². The number of aliphatic hydroxyl groups excluding tert-OH is 2. The first-order valence-corrected chi connectivity index (χ1v) is 11.2. The van der Waals surface area contributed by atoms with Crippen LogP contribution in [-0.4, -0.2) is 73.3 Å². The Morgan fingerprint density at radius 2 is 2.16 bits per heavy atom. The zero-order chi connectivity index (χ0) is 18.6. The summed E-state index contributed by atoms with van der Waals surface area (Å²) in [6.45, 7) is 6.41. The van der Waals surface area contributed by atoms with Gasteiger partial charge in [-0.2, -0.15) is 0 Å². The lowest BCUT2D eigenvalue weighted by molar-refractivity contribution is -0.0926. The molecule has 4 atom stereocenters. The molecule has 0 spiro atoms. The van der Waals surface area contributed by atoms with Gasteiger partial charge in [-0.15, -0.1) is 13.2 Å². The highest BCUT2D eigenvalue weighted by Gasteiger charge is 2.52. The molecule has 1 fully saturated rings. The van der Waals surface area contributed by atoms with Crippen LogP contribution in [0.4, 0.5) is 0 Å². The SMILES string of the molecule is C=P(C)(C)CC[C@@]1(C)OC(n2cnc3c(=O)[nH]c(C)nc32)C(O)[C@@H]1O. The molecule has 0 saturated carbocycles. The summed E-state index contributed by atoms with van der Waals surface area (Å²) in [5.74, 6) is 0.443. The van der Waals surface area contributed by atoms with Crippen molar-refractivity contribution < 1.29 is 14.9 Å². The maximum Gasteiger partial charge on any atom is 0.279 e. The minimum Gasteiger partial charge on any atom is -0.387 e. The van der Waals surface area contributed by atoms with Crippen LogP contribution in [0.15, 0.2) is 11.1 Å². The molecule has 8 nitrogen and oxygen atoms in total. The second kappa shape index (κ2) is 6.06. The number of aromatic nitrogens is 4. The number of aromatic amines is 1. The van der Waals surface area contributed by atoms with Crippen LogP contribution in [-0.2, 0) is 4.74 Å². The average Bonchev–Trinajstić information content (AvgIpc) is 3.00. The fraction of sp³-hybridized carbons (Fsp3) is 0.625. The first-order chi connectivity index (χ1) is 11.5. The number of rotatable bonds is 4. The molecule has 25 heavy (non-hydrogen) atoms. The number of aliphatic hydroxyl groups is 2. The summed E-state index contributed by atoms with van der Waals surface area (Å²) >= 11 is 0. The summed E-state index contributed by atoms with van der Waals surface area (Å²) in [7, 11) is 0. The minimum absolute atomic E-state index is 0.175. The van der Waals surface area contributed by atoms with E-state index < -0.39 is 30.9 Å². The Balaban J connectivity index is 1.96. The van der Waals surface area contributed by atoms with Gasteiger partial charge in [0.15, 0.2) is 17.4 Å². The van der Waals surface area contributed by atoms with Gasteiger partial charge in [0, 0.05) is 0 Å². The van der Waals surface area contributed by atoms with E-state index in [1.54, 1.807) is 13.8 Å². The third kappa shape index (κ3) is 3.31. The van der Waals surface area contributed by atoms with E-state index in [0.717, 1.165) is 6.16 Å². The van der Waals surface area contributed by atoms with Crippen LogP contribution in [0, 0.1) is 6.92 Å². The smallest absolute Gasteiger partial charge is 0.279 e. The van der Waals surface area contributed by atoms with Gasteiger partial charge in [-0.3, -0.25) is 9.36 Å². The third-order valence-corrected chi connectivity index (χ3v) is 6.10. The van der Waals surface area contributed by atoms with Crippen molar-refractivity contribution in [1.29, 1.82) is 0 Å². The predicted molar refractivity (Wildman–Crippen MR) is 98.8 cm³/mol. The molecule has 2 aromatic rings. The summed E-state index contributed by atoms with van der Waals surface area (Å²) in [6.07, 6.45) is 3.97. The summed E-state index contributed by atoms with van der Waals surface area (Å²) in [4.78, 5) is 23.0. The molecule has 0 amide bonds. The van der Waals surface area contributed by atoms with Crippen LogP contribution < -0.4 is 5.56 Å². The molecule has 2 aromatic heterocycles. The molecule has 3 rings (SSSR count). The van der Waals surface area contributed by atoms with Crippen molar-refractivity contribution in [3.63, 3.8) is 0 Å². The van der Waals surface area contributed by atoms with Crippen molar-refractivity contribution in [3.8, 4) is 0 Å². The van der Waals surface area contributed by atoms with Crippen molar-refractivity contribution in [2.24, 2.45) is 0 Å². The quantitative estimate of drug-likeness (QED) is 0.679. The minimum atomic E-state index is -1.29. The standard InChI is InChI=1S/C16H25N4O4P/c1-9-18-13-10(14(23)19-9)17-8-20(13)15-11(21)12(22)16(2,24-15)6-7-25(3,4)5/h8,11-12,15,21-22H,3,6-7H2,1-2,4-5H3,(H,18,19,23)/t11?,12-,15?,16+/m0/s1. The Labute approximate surface area is 145 Å². The molecule has 9 heteroatoms. The number of ether oxygens (including phenoxy) is 1. The molecule has 138 valence electrons. The van der Waals surface area contributed by atoms with Crippen molar-refractivity contribution in [2.75, 3.05) is 19.5 Å². The number of H-pyrrole nitrogens is 1. The fourth-order valence-electron chi connectivity index (χ4n) is 3.11. The van der Waals surface area contributed by atoms with Gasteiger partial charge in [0.1, 0.15) is 18.0 Å². The Morgan fingerprint density at radius 3 is 2.80 bits per heavy atom. The van der Waals surface area contributed by atoms with Gasteiger partial charge >= 0.3 is 0 Å². The Kier molecular flexibility index (Phi) is 4.44. The second-order valence-electron chi connectivity index (χ2n) is 7.64. The Hall–Kier alpha value is -1.47. The van der Waals surface area contributed by atoms with Crippen LogP contribution in [0.25, 0.3) is 11.2 Å². The van der Waals surface area contributed by atoms with E-state index in [2.05, 4.69) is 34.6 Å². The van der Waals surface area contributed by atoms with Crippen molar-refractivity contribution >= 4 is 24.3 Å². The highest BCUT2D eigenvalue weighted by Crippen LogP contribution is 2.44. The van der Waals surface area contributed by atoms with Crippen molar-refractivity contribution in [2.45, 2.75) is 44.3 Å². The molecular weight excluding hydrogens is 343 g/mol.